The van der Waals surface area contributed by atoms with E-state index < -0.39 is 21.7 Å². The smallest absolute Gasteiger partial charge is 0.323 e. The first kappa shape index (κ1) is 29.0. The number of rotatable bonds is 10. The standard InChI is InChI=1S/C29H26ClFN6O4S/c1-42(39,40)12-11-32-16-22-7-10-27(41-22)18-5-9-26-23(13-18)28(34-17-33-26)35-19-3-2-4-20(14-19)36-29(38)37-21-6-8-25(31)24(30)15-21/h2-10,13-15,17,32H,11-12,16H2,1H3,(H,33,34,35)(H2,36,37,38). The highest BCUT2D eigenvalue weighted by Crippen LogP contribution is 2.30. The summed E-state index contributed by atoms with van der Waals surface area (Å²) in [6.45, 7) is 0.737. The third-order valence-corrected chi connectivity index (χ3v) is 7.33. The van der Waals surface area contributed by atoms with Gasteiger partial charge in [-0.05, 0) is 66.7 Å². The zero-order valence-electron chi connectivity index (χ0n) is 22.3. The van der Waals surface area contributed by atoms with Crippen LogP contribution in [0.5, 0.6) is 0 Å². The molecule has 0 fully saturated rings. The zero-order valence-corrected chi connectivity index (χ0v) is 23.9. The van der Waals surface area contributed by atoms with E-state index in [9.17, 15) is 17.6 Å². The van der Waals surface area contributed by atoms with Gasteiger partial charge in [0.2, 0.25) is 0 Å². The van der Waals surface area contributed by atoms with Crippen LogP contribution in [0.3, 0.4) is 0 Å². The molecule has 2 heterocycles. The van der Waals surface area contributed by atoms with Gasteiger partial charge in [0.05, 0.1) is 22.8 Å². The Morgan fingerprint density at radius 1 is 0.952 bits per heavy atom. The van der Waals surface area contributed by atoms with Crippen LogP contribution in [0.25, 0.3) is 22.2 Å². The number of carbonyl (C=O) groups excluding carboxylic acids is 1. The van der Waals surface area contributed by atoms with Gasteiger partial charge in [-0.15, -0.1) is 0 Å². The summed E-state index contributed by atoms with van der Waals surface area (Å²) >= 11 is 5.79. The van der Waals surface area contributed by atoms with Gasteiger partial charge in [-0.1, -0.05) is 17.7 Å². The Balaban J connectivity index is 1.28. The summed E-state index contributed by atoms with van der Waals surface area (Å²) in [7, 11) is -3.03. The predicted octanol–water partition coefficient (Wildman–Crippen LogP) is 6.20. The predicted molar refractivity (Wildman–Crippen MR) is 162 cm³/mol. The minimum absolute atomic E-state index is 0.0541. The molecule has 0 unspecified atom stereocenters. The molecule has 3 aromatic carbocycles. The molecule has 2 amide bonds. The lowest BCUT2D eigenvalue weighted by molar-refractivity contribution is 0.262. The molecule has 216 valence electrons. The number of sulfone groups is 1. The van der Waals surface area contributed by atoms with Gasteiger partial charge in [-0.3, -0.25) is 0 Å². The number of urea groups is 1. The van der Waals surface area contributed by atoms with Crippen molar-refractivity contribution in [1.82, 2.24) is 15.3 Å². The average Bonchev–Trinajstić information content (AvgIpc) is 3.42. The summed E-state index contributed by atoms with van der Waals surface area (Å²) in [6.07, 6.45) is 2.66. The molecule has 0 spiro atoms. The van der Waals surface area contributed by atoms with Crippen LogP contribution in [0.4, 0.5) is 32.1 Å². The van der Waals surface area contributed by atoms with E-state index in [1.165, 1.54) is 30.8 Å². The van der Waals surface area contributed by atoms with E-state index >= 15 is 0 Å². The molecule has 4 N–H and O–H groups in total. The quantitative estimate of drug-likeness (QED) is 0.137. The van der Waals surface area contributed by atoms with Crippen LogP contribution in [0.1, 0.15) is 5.76 Å². The Morgan fingerprint density at radius 3 is 2.52 bits per heavy atom. The summed E-state index contributed by atoms with van der Waals surface area (Å²) in [5, 5.41) is 12.4. The second-order valence-corrected chi connectivity index (χ2v) is 12.1. The monoisotopic (exact) mass is 608 g/mol. The maximum atomic E-state index is 13.4. The summed E-state index contributed by atoms with van der Waals surface area (Å²) in [4.78, 5) is 21.3. The lowest BCUT2D eigenvalue weighted by Crippen LogP contribution is -2.21. The molecule has 0 aliphatic rings. The molecule has 0 radical (unpaired) electrons. The maximum Gasteiger partial charge on any atom is 0.323 e. The fourth-order valence-corrected chi connectivity index (χ4v) is 4.78. The fourth-order valence-electron chi connectivity index (χ4n) is 4.09. The molecule has 0 atom stereocenters. The van der Waals surface area contributed by atoms with Crippen molar-refractivity contribution >= 4 is 61.3 Å². The van der Waals surface area contributed by atoms with E-state index in [0.717, 1.165) is 16.5 Å². The van der Waals surface area contributed by atoms with Crippen molar-refractivity contribution < 1.29 is 22.0 Å². The summed E-state index contributed by atoms with van der Waals surface area (Å²) < 4.78 is 42.0. The van der Waals surface area contributed by atoms with Crippen molar-refractivity contribution in [3.05, 3.63) is 95.7 Å². The van der Waals surface area contributed by atoms with Crippen LogP contribution >= 0.6 is 11.6 Å². The number of carbonyl (C=O) groups is 1. The molecular weight excluding hydrogens is 583 g/mol. The molecular formula is C29H26ClFN6O4S. The molecule has 0 saturated heterocycles. The van der Waals surface area contributed by atoms with Gasteiger partial charge < -0.3 is 25.7 Å². The van der Waals surface area contributed by atoms with Crippen LogP contribution in [0, 0.1) is 5.82 Å². The van der Waals surface area contributed by atoms with Crippen LogP contribution in [-0.4, -0.2) is 43.0 Å². The van der Waals surface area contributed by atoms with Gasteiger partial charge >= 0.3 is 6.03 Å². The van der Waals surface area contributed by atoms with Gasteiger partial charge in [0.15, 0.2) is 0 Å². The van der Waals surface area contributed by atoms with Gasteiger partial charge in [-0.2, -0.15) is 0 Å². The third kappa shape index (κ3) is 7.60. The molecule has 2 aromatic heterocycles. The largest absolute Gasteiger partial charge is 0.460 e. The zero-order chi connectivity index (χ0) is 29.7. The number of nitrogens with one attached hydrogen (secondary N) is 4. The van der Waals surface area contributed by atoms with Crippen LogP contribution in [-0.2, 0) is 16.4 Å². The van der Waals surface area contributed by atoms with Gasteiger partial charge in [0, 0.05) is 40.8 Å². The number of nitrogens with zero attached hydrogens (tertiary/aromatic N) is 2. The lowest BCUT2D eigenvalue weighted by atomic mass is 10.1. The van der Waals surface area contributed by atoms with E-state index in [1.807, 2.05) is 36.4 Å². The maximum absolute atomic E-state index is 13.4. The SMILES string of the molecule is CS(=O)(=O)CCNCc1ccc(-c2ccc3ncnc(Nc4cccc(NC(=O)Nc5ccc(F)c(Cl)c5)c4)c3c2)o1. The third-order valence-electron chi connectivity index (χ3n) is 6.09. The van der Waals surface area contributed by atoms with Crippen molar-refractivity contribution in [2.24, 2.45) is 0 Å². The Morgan fingerprint density at radius 2 is 1.74 bits per heavy atom. The molecule has 42 heavy (non-hydrogen) atoms. The minimum atomic E-state index is -3.03. The van der Waals surface area contributed by atoms with E-state index in [0.29, 0.717) is 47.5 Å². The average molecular weight is 609 g/mol. The van der Waals surface area contributed by atoms with E-state index in [2.05, 4.69) is 31.2 Å². The minimum Gasteiger partial charge on any atom is -0.460 e. The molecule has 0 bridgehead atoms. The van der Waals surface area contributed by atoms with E-state index in [1.54, 1.807) is 18.2 Å². The number of anilines is 4. The number of benzene rings is 3. The molecule has 0 aliphatic carbocycles. The molecule has 5 aromatic rings. The number of halogens is 2. The Bertz CT molecular complexity index is 1860. The van der Waals surface area contributed by atoms with E-state index in [-0.39, 0.29) is 10.8 Å². The lowest BCUT2D eigenvalue weighted by Gasteiger charge is -2.12. The van der Waals surface area contributed by atoms with Crippen molar-refractivity contribution in [2.75, 3.05) is 34.5 Å². The Hall–Kier alpha value is -4.52. The number of hydrogen-bond donors (Lipinski definition) is 4. The number of hydrogen-bond acceptors (Lipinski definition) is 8. The molecule has 13 heteroatoms. The van der Waals surface area contributed by atoms with Crippen LogP contribution < -0.4 is 21.3 Å². The van der Waals surface area contributed by atoms with Gasteiger partial charge in [0.1, 0.15) is 39.3 Å². The Labute approximate surface area is 246 Å². The number of amides is 2. The molecule has 0 saturated carbocycles. The number of aromatic nitrogens is 2. The fraction of sp³-hybridized carbons (Fsp3) is 0.138. The molecule has 0 aliphatic heterocycles. The highest BCUT2D eigenvalue weighted by Gasteiger charge is 2.11. The van der Waals surface area contributed by atoms with Crippen molar-refractivity contribution in [2.45, 2.75) is 6.54 Å². The first-order chi connectivity index (χ1) is 20.1. The highest BCUT2D eigenvalue weighted by molar-refractivity contribution is 7.90. The first-order valence-electron chi connectivity index (χ1n) is 12.8. The van der Waals surface area contributed by atoms with Crippen molar-refractivity contribution in [3.8, 4) is 11.3 Å². The molecule has 10 nitrogen and oxygen atoms in total. The first-order valence-corrected chi connectivity index (χ1v) is 15.2. The second kappa shape index (κ2) is 12.6. The summed E-state index contributed by atoms with van der Waals surface area (Å²) in [5.41, 5.74) is 3.07. The summed E-state index contributed by atoms with van der Waals surface area (Å²) in [6, 6.07) is 19.8. The van der Waals surface area contributed by atoms with Gasteiger partial charge in [0.25, 0.3) is 0 Å². The van der Waals surface area contributed by atoms with Crippen molar-refractivity contribution in [3.63, 3.8) is 0 Å². The number of fused-ring (bicyclic) bond motifs is 1. The Kier molecular flexibility index (Phi) is 8.67. The van der Waals surface area contributed by atoms with Crippen molar-refractivity contribution in [1.29, 1.82) is 0 Å². The normalized spacial score (nSPS) is 11.4. The van der Waals surface area contributed by atoms with Gasteiger partial charge in [-0.25, -0.2) is 27.6 Å². The highest BCUT2D eigenvalue weighted by atomic mass is 35.5. The molecule has 5 rings (SSSR count). The summed E-state index contributed by atoms with van der Waals surface area (Å²) in [5.74, 6) is 1.36. The topological polar surface area (TPSA) is 138 Å². The second-order valence-electron chi connectivity index (χ2n) is 9.44. The van der Waals surface area contributed by atoms with E-state index in [4.69, 9.17) is 16.0 Å². The van der Waals surface area contributed by atoms with Crippen LogP contribution in [0.15, 0.2) is 83.5 Å². The van der Waals surface area contributed by atoms with Crippen LogP contribution in [0.2, 0.25) is 5.02 Å². The number of furan rings is 1.